The van der Waals surface area contributed by atoms with E-state index in [0.717, 1.165) is 10.7 Å². The predicted octanol–water partition coefficient (Wildman–Crippen LogP) is 4.72. The number of rotatable bonds is 6. The number of para-hydroxylation sites is 1. The van der Waals surface area contributed by atoms with Gasteiger partial charge in [-0.3, -0.25) is 0 Å². The maximum atomic E-state index is 6.11. The van der Waals surface area contributed by atoms with Crippen LogP contribution in [0.3, 0.4) is 0 Å². The minimum Gasteiger partial charge on any atom is -0.381 e. The summed E-state index contributed by atoms with van der Waals surface area (Å²) in [6.45, 7) is 4.44. The monoisotopic (exact) mass is 225 g/mol. The zero-order valence-corrected chi connectivity index (χ0v) is 10.3. The molecule has 1 rings (SSSR count). The van der Waals surface area contributed by atoms with E-state index in [9.17, 15) is 0 Å². The number of hydrogen-bond acceptors (Lipinski definition) is 1. The summed E-state index contributed by atoms with van der Waals surface area (Å²) in [7, 11) is 0. The molecular weight excluding hydrogens is 206 g/mol. The van der Waals surface area contributed by atoms with Crippen molar-refractivity contribution in [2.75, 3.05) is 5.32 Å². The lowest BCUT2D eigenvalue weighted by Gasteiger charge is -2.19. The Hall–Kier alpha value is -0.690. The molecule has 84 valence electrons. The van der Waals surface area contributed by atoms with Crippen LogP contribution in [0.25, 0.3) is 0 Å². The molecule has 15 heavy (non-hydrogen) atoms. The summed E-state index contributed by atoms with van der Waals surface area (Å²) in [6, 6.07) is 8.50. The van der Waals surface area contributed by atoms with Gasteiger partial charge < -0.3 is 5.32 Å². The van der Waals surface area contributed by atoms with Gasteiger partial charge in [-0.05, 0) is 25.0 Å². The van der Waals surface area contributed by atoms with E-state index in [-0.39, 0.29) is 0 Å². The van der Waals surface area contributed by atoms with Gasteiger partial charge in [-0.15, -0.1) is 0 Å². The van der Waals surface area contributed by atoms with E-state index in [1.165, 1.54) is 25.7 Å². The maximum Gasteiger partial charge on any atom is 0.0637 e. The van der Waals surface area contributed by atoms with Gasteiger partial charge in [0.05, 0.1) is 10.7 Å². The first-order valence-electron chi connectivity index (χ1n) is 5.79. The SMILES string of the molecule is CCCC(CCC)Nc1ccccc1Cl. The normalized spacial score (nSPS) is 10.7. The molecular formula is C13H20ClN. The summed E-state index contributed by atoms with van der Waals surface area (Å²) >= 11 is 6.11. The Morgan fingerprint density at radius 3 is 2.27 bits per heavy atom. The van der Waals surface area contributed by atoms with E-state index in [0.29, 0.717) is 6.04 Å². The maximum absolute atomic E-state index is 6.11. The second-order valence-corrected chi connectivity index (χ2v) is 4.31. The summed E-state index contributed by atoms with van der Waals surface area (Å²) in [4.78, 5) is 0. The van der Waals surface area contributed by atoms with Crippen LogP contribution in [0.4, 0.5) is 5.69 Å². The molecule has 0 amide bonds. The Morgan fingerprint density at radius 2 is 1.73 bits per heavy atom. The lowest BCUT2D eigenvalue weighted by atomic mass is 10.1. The molecule has 0 atom stereocenters. The summed E-state index contributed by atoms with van der Waals surface area (Å²) in [5, 5.41) is 4.33. The van der Waals surface area contributed by atoms with E-state index in [2.05, 4.69) is 19.2 Å². The molecule has 0 aliphatic heterocycles. The van der Waals surface area contributed by atoms with Crippen LogP contribution in [0, 0.1) is 0 Å². The van der Waals surface area contributed by atoms with Gasteiger partial charge in [0.15, 0.2) is 0 Å². The Balaban J connectivity index is 2.60. The molecule has 0 aliphatic rings. The highest BCUT2D eigenvalue weighted by Gasteiger charge is 2.07. The van der Waals surface area contributed by atoms with E-state index >= 15 is 0 Å². The van der Waals surface area contributed by atoms with Crippen molar-refractivity contribution in [1.29, 1.82) is 0 Å². The summed E-state index contributed by atoms with van der Waals surface area (Å²) in [6.07, 6.45) is 4.84. The molecule has 0 heterocycles. The molecule has 0 aliphatic carbocycles. The molecule has 0 radical (unpaired) electrons. The van der Waals surface area contributed by atoms with Crippen LogP contribution < -0.4 is 5.32 Å². The van der Waals surface area contributed by atoms with Gasteiger partial charge >= 0.3 is 0 Å². The second-order valence-electron chi connectivity index (χ2n) is 3.90. The standard InChI is InChI=1S/C13H20ClN/c1-3-7-11(8-4-2)15-13-10-6-5-9-12(13)14/h5-6,9-11,15H,3-4,7-8H2,1-2H3. The molecule has 0 saturated carbocycles. The summed E-state index contributed by atoms with van der Waals surface area (Å²) in [5.74, 6) is 0. The van der Waals surface area contributed by atoms with Gasteiger partial charge in [-0.1, -0.05) is 50.4 Å². The highest BCUT2D eigenvalue weighted by molar-refractivity contribution is 6.33. The number of benzene rings is 1. The van der Waals surface area contributed by atoms with Crippen molar-refractivity contribution in [3.8, 4) is 0 Å². The third-order valence-corrected chi connectivity index (χ3v) is 2.84. The molecule has 2 heteroatoms. The quantitative estimate of drug-likeness (QED) is 0.739. The molecule has 1 aromatic carbocycles. The number of hydrogen-bond donors (Lipinski definition) is 1. The van der Waals surface area contributed by atoms with Gasteiger partial charge in [-0.2, -0.15) is 0 Å². The minimum absolute atomic E-state index is 0.555. The Bertz CT molecular complexity index is 280. The van der Waals surface area contributed by atoms with Crippen molar-refractivity contribution in [3.05, 3.63) is 29.3 Å². The molecule has 0 bridgehead atoms. The predicted molar refractivity (Wildman–Crippen MR) is 68.7 cm³/mol. The Morgan fingerprint density at radius 1 is 1.13 bits per heavy atom. The lowest BCUT2D eigenvalue weighted by molar-refractivity contribution is 0.586. The van der Waals surface area contributed by atoms with Crippen LogP contribution in [0.15, 0.2) is 24.3 Å². The van der Waals surface area contributed by atoms with Crippen molar-refractivity contribution < 1.29 is 0 Å². The van der Waals surface area contributed by atoms with E-state index in [4.69, 9.17) is 11.6 Å². The second kappa shape index (κ2) is 6.73. The van der Waals surface area contributed by atoms with Crippen LogP contribution >= 0.6 is 11.6 Å². The highest BCUT2D eigenvalue weighted by Crippen LogP contribution is 2.23. The molecule has 0 spiro atoms. The molecule has 0 unspecified atom stereocenters. The first-order valence-corrected chi connectivity index (χ1v) is 6.16. The molecule has 0 saturated heterocycles. The zero-order chi connectivity index (χ0) is 11.1. The fraction of sp³-hybridized carbons (Fsp3) is 0.538. The van der Waals surface area contributed by atoms with Gasteiger partial charge in [-0.25, -0.2) is 0 Å². The van der Waals surface area contributed by atoms with Crippen LogP contribution in [0.1, 0.15) is 39.5 Å². The molecule has 1 nitrogen and oxygen atoms in total. The number of halogens is 1. The van der Waals surface area contributed by atoms with Crippen LogP contribution in [0.2, 0.25) is 5.02 Å². The van der Waals surface area contributed by atoms with E-state index in [1.807, 2.05) is 24.3 Å². The summed E-state index contributed by atoms with van der Waals surface area (Å²) in [5.41, 5.74) is 1.06. The van der Waals surface area contributed by atoms with Crippen LogP contribution in [-0.2, 0) is 0 Å². The first-order chi connectivity index (χ1) is 7.27. The fourth-order valence-corrected chi connectivity index (χ4v) is 1.97. The summed E-state index contributed by atoms with van der Waals surface area (Å²) < 4.78 is 0. The fourth-order valence-electron chi connectivity index (χ4n) is 1.78. The van der Waals surface area contributed by atoms with Gasteiger partial charge in [0.2, 0.25) is 0 Å². The zero-order valence-electron chi connectivity index (χ0n) is 9.59. The largest absolute Gasteiger partial charge is 0.381 e. The topological polar surface area (TPSA) is 12.0 Å². The first kappa shape index (κ1) is 12.4. The molecule has 1 N–H and O–H groups in total. The van der Waals surface area contributed by atoms with Crippen molar-refractivity contribution in [2.45, 2.75) is 45.6 Å². The molecule has 0 aromatic heterocycles. The van der Waals surface area contributed by atoms with Gasteiger partial charge in [0.25, 0.3) is 0 Å². The molecule has 1 aromatic rings. The average molecular weight is 226 g/mol. The van der Waals surface area contributed by atoms with Gasteiger partial charge in [0, 0.05) is 6.04 Å². The smallest absolute Gasteiger partial charge is 0.0637 e. The average Bonchev–Trinajstić information content (AvgIpc) is 2.22. The van der Waals surface area contributed by atoms with Crippen LogP contribution in [0.5, 0.6) is 0 Å². The van der Waals surface area contributed by atoms with E-state index < -0.39 is 0 Å². The Kier molecular flexibility index (Phi) is 5.56. The van der Waals surface area contributed by atoms with E-state index in [1.54, 1.807) is 0 Å². The van der Waals surface area contributed by atoms with Crippen molar-refractivity contribution in [1.82, 2.24) is 0 Å². The number of nitrogens with one attached hydrogen (secondary N) is 1. The highest BCUT2D eigenvalue weighted by atomic mass is 35.5. The van der Waals surface area contributed by atoms with Crippen molar-refractivity contribution in [3.63, 3.8) is 0 Å². The van der Waals surface area contributed by atoms with Crippen molar-refractivity contribution in [2.24, 2.45) is 0 Å². The number of anilines is 1. The minimum atomic E-state index is 0.555. The van der Waals surface area contributed by atoms with Crippen molar-refractivity contribution >= 4 is 17.3 Å². The Labute approximate surface area is 97.8 Å². The van der Waals surface area contributed by atoms with Gasteiger partial charge in [0.1, 0.15) is 0 Å². The third-order valence-electron chi connectivity index (χ3n) is 2.51. The molecule has 0 fully saturated rings. The van der Waals surface area contributed by atoms with Crippen LogP contribution in [-0.4, -0.2) is 6.04 Å². The lowest BCUT2D eigenvalue weighted by Crippen LogP contribution is -2.18. The third kappa shape index (κ3) is 4.13.